The lowest BCUT2D eigenvalue weighted by atomic mass is 9.87. The third-order valence-corrected chi connectivity index (χ3v) is 7.25. The van der Waals surface area contributed by atoms with Gasteiger partial charge < -0.3 is 9.80 Å². The predicted octanol–water partition coefficient (Wildman–Crippen LogP) is 11.1. The van der Waals surface area contributed by atoms with E-state index in [4.69, 9.17) is 0 Å². The van der Waals surface area contributed by atoms with Crippen molar-refractivity contribution in [3.8, 4) is 11.1 Å². The fourth-order valence-corrected chi connectivity index (χ4v) is 5.24. The van der Waals surface area contributed by atoms with Gasteiger partial charge in [-0.3, -0.25) is 0 Å². The molecule has 40 heavy (non-hydrogen) atoms. The van der Waals surface area contributed by atoms with Gasteiger partial charge in [0.2, 0.25) is 0 Å². The second-order valence-electron chi connectivity index (χ2n) is 12.4. The number of rotatable bonds is 6. The van der Waals surface area contributed by atoms with E-state index in [1.807, 2.05) is 0 Å². The third kappa shape index (κ3) is 5.97. The second kappa shape index (κ2) is 11.1. The van der Waals surface area contributed by atoms with Crippen LogP contribution in [0.2, 0.25) is 0 Å². The van der Waals surface area contributed by atoms with Crippen LogP contribution in [0.1, 0.15) is 47.1 Å². The molecular weight excluding hydrogens is 484 g/mol. The highest BCUT2D eigenvalue weighted by atomic mass is 15.2. The fraction of sp³-hybridized carbons (Fsp3) is 0.211. The molecule has 0 aromatic heterocycles. The summed E-state index contributed by atoms with van der Waals surface area (Å²) in [6.45, 7) is 13.5. The van der Waals surface area contributed by atoms with Gasteiger partial charge in [0, 0.05) is 34.0 Å². The highest BCUT2D eigenvalue weighted by molar-refractivity contribution is 5.79. The normalized spacial score (nSPS) is 11.8. The van der Waals surface area contributed by atoms with Crippen LogP contribution in [0.3, 0.4) is 0 Å². The first-order chi connectivity index (χ1) is 19.1. The lowest BCUT2D eigenvalue weighted by Crippen LogP contribution is -2.37. The van der Waals surface area contributed by atoms with Crippen molar-refractivity contribution in [2.24, 2.45) is 0 Å². The van der Waals surface area contributed by atoms with E-state index in [-0.39, 0.29) is 11.0 Å². The van der Waals surface area contributed by atoms with E-state index in [1.54, 1.807) is 0 Å². The Kier molecular flexibility index (Phi) is 7.54. The monoisotopic (exact) mass is 524 g/mol. The molecule has 0 atom stereocenters. The van der Waals surface area contributed by atoms with E-state index in [1.165, 1.54) is 33.8 Å². The van der Waals surface area contributed by atoms with E-state index >= 15 is 0 Å². The summed E-state index contributed by atoms with van der Waals surface area (Å²) in [5, 5.41) is 0. The van der Waals surface area contributed by atoms with Crippen LogP contribution in [-0.4, -0.2) is 5.54 Å². The first-order valence-electron chi connectivity index (χ1n) is 14.1. The summed E-state index contributed by atoms with van der Waals surface area (Å²) in [5.41, 5.74) is 9.60. The zero-order valence-corrected chi connectivity index (χ0v) is 24.6. The Hall–Kier alpha value is -4.30. The second-order valence-corrected chi connectivity index (χ2v) is 12.4. The van der Waals surface area contributed by atoms with Gasteiger partial charge in [0.1, 0.15) is 0 Å². The van der Waals surface area contributed by atoms with E-state index in [0.717, 1.165) is 11.4 Å². The van der Waals surface area contributed by atoms with Gasteiger partial charge in [-0.1, -0.05) is 93.6 Å². The molecule has 0 amide bonds. The Morgan fingerprint density at radius 1 is 0.400 bits per heavy atom. The maximum absolute atomic E-state index is 2.39. The quantitative estimate of drug-likeness (QED) is 0.218. The van der Waals surface area contributed by atoms with Crippen molar-refractivity contribution in [2.45, 2.75) is 52.5 Å². The largest absolute Gasteiger partial charge is 0.336 e. The molecule has 0 radical (unpaired) electrons. The summed E-state index contributed by atoms with van der Waals surface area (Å²) in [6.07, 6.45) is 0. The summed E-state index contributed by atoms with van der Waals surface area (Å²) in [6, 6.07) is 48.0. The molecule has 0 saturated carbocycles. The maximum atomic E-state index is 2.39. The van der Waals surface area contributed by atoms with E-state index in [0.29, 0.717) is 0 Å². The molecule has 0 aliphatic carbocycles. The molecule has 0 bridgehead atoms. The SMILES string of the molecule is CC(C)(C)c1cccc(N(c2ccccc2)c2ccc(-c3ccc(N(c4ccccc4)C(C)(C)C)cc3)cc2)c1. The van der Waals surface area contributed by atoms with Crippen LogP contribution >= 0.6 is 0 Å². The molecule has 0 spiro atoms. The van der Waals surface area contributed by atoms with E-state index < -0.39 is 0 Å². The van der Waals surface area contributed by atoms with E-state index in [9.17, 15) is 0 Å². The summed E-state index contributed by atoms with van der Waals surface area (Å²) in [4.78, 5) is 4.73. The van der Waals surface area contributed by atoms with Gasteiger partial charge in [0.15, 0.2) is 0 Å². The van der Waals surface area contributed by atoms with Crippen LogP contribution < -0.4 is 9.80 Å². The molecule has 0 aliphatic rings. The molecule has 0 unspecified atom stereocenters. The summed E-state index contributed by atoms with van der Waals surface area (Å²) in [5.74, 6) is 0. The molecule has 2 heteroatoms. The molecular formula is C38H40N2. The van der Waals surface area contributed by atoms with Gasteiger partial charge >= 0.3 is 0 Å². The average molecular weight is 525 g/mol. The Labute approximate surface area is 240 Å². The van der Waals surface area contributed by atoms with Crippen molar-refractivity contribution in [1.82, 2.24) is 0 Å². The van der Waals surface area contributed by atoms with Crippen molar-refractivity contribution in [3.63, 3.8) is 0 Å². The molecule has 0 saturated heterocycles. The number of anilines is 5. The fourth-order valence-electron chi connectivity index (χ4n) is 5.24. The van der Waals surface area contributed by atoms with Crippen LogP contribution in [0.5, 0.6) is 0 Å². The molecule has 5 aromatic rings. The highest BCUT2D eigenvalue weighted by Crippen LogP contribution is 2.38. The zero-order valence-electron chi connectivity index (χ0n) is 24.6. The third-order valence-electron chi connectivity index (χ3n) is 7.25. The van der Waals surface area contributed by atoms with Crippen LogP contribution in [0.25, 0.3) is 11.1 Å². The Bertz CT molecular complexity index is 1520. The summed E-state index contributed by atoms with van der Waals surface area (Å²) in [7, 11) is 0. The smallest absolute Gasteiger partial charge is 0.0464 e. The molecule has 5 rings (SSSR count). The Morgan fingerprint density at radius 3 is 1.32 bits per heavy atom. The van der Waals surface area contributed by atoms with Crippen LogP contribution in [0.15, 0.2) is 133 Å². The van der Waals surface area contributed by atoms with Crippen LogP contribution in [0, 0.1) is 0 Å². The van der Waals surface area contributed by atoms with Crippen molar-refractivity contribution in [1.29, 1.82) is 0 Å². The highest BCUT2D eigenvalue weighted by Gasteiger charge is 2.23. The minimum absolute atomic E-state index is 0.0459. The lowest BCUT2D eigenvalue weighted by molar-refractivity contribution is 0.560. The number of nitrogens with zero attached hydrogens (tertiary/aromatic N) is 2. The molecule has 2 nitrogen and oxygen atoms in total. The minimum atomic E-state index is -0.0459. The molecule has 0 fully saturated rings. The van der Waals surface area contributed by atoms with Crippen molar-refractivity contribution in [2.75, 3.05) is 9.80 Å². The molecule has 0 N–H and O–H groups in total. The number of benzene rings is 5. The predicted molar refractivity (Wildman–Crippen MR) is 174 cm³/mol. The van der Waals surface area contributed by atoms with Gasteiger partial charge in [0.25, 0.3) is 0 Å². The Morgan fingerprint density at radius 2 is 0.825 bits per heavy atom. The molecule has 0 aliphatic heterocycles. The first kappa shape index (κ1) is 27.3. The maximum Gasteiger partial charge on any atom is 0.0464 e. The van der Waals surface area contributed by atoms with Gasteiger partial charge in [-0.25, -0.2) is 0 Å². The van der Waals surface area contributed by atoms with Crippen LogP contribution in [-0.2, 0) is 5.41 Å². The van der Waals surface area contributed by atoms with Crippen molar-refractivity contribution >= 4 is 28.4 Å². The van der Waals surface area contributed by atoms with Gasteiger partial charge in [-0.15, -0.1) is 0 Å². The molecule has 5 aromatic carbocycles. The van der Waals surface area contributed by atoms with Crippen molar-refractivity contribution < 1.29 is 0 Å². The first-order valence-corrected chi connectivity index (χ1v) is 14.1. The lowest BCUT2D eigenvalue weighted by Gasteiger charge is -2.38. The van der Waals surface area contributed by atoms with Gasteiger partial charge in [0.05, 0.1) is 0 Å². The Balaban J connectivity index is 1.47. The summed E-state index contributed by atoms with van der Waals surface area (Å²) < 4.78 is 0. The summed E-state index contributed by atoms with van der Waals surface area (Å²) >= 11 is 0. The molecule has 202 valence electrons. The standard InChI is InChI=1S/C38H40N2/c1-37(2,3)31-14-13-19-36(28-31)39(32-15-9-7-10-16-32)33-24-20-29(21-25-33)30-22-26-35(27-23-30)40(38(4,5)6)34-17-11-8-12-18-34/h7-28H,1-6H3. The molecule has 0 heterocycles. The number of hydrogen-bond donors (Lipinski definition) is 0. The topological polar surface area (TPSA) is 6.48 Å². The van der Waals surface area contributed by atoms with Gasteiger partial charge in [-0.2, -0.15) is 0 Å². The zero-order chi connectivity index (χ0) is 28.3. The minimum Gasteiger partial charge on any atom is -0.336 e. The van der Waals surface area contributed by atoms with E-state index in [2.05, 4.69) is 185 Å². The van der Waals surface area contributed by atoms with Crippen molar-refractivity contribution in [3.05, 3.63) is 139 Å². The van der Waals surface area contributed by atoms with Gasteiger partial charge in [-0.05, 0) is 104 Å². The van der Waals surface area contributed by atoms with Crippen LogP contribution in [0.4, 0.5) is 28.4 Å². The number of para-hydroxylation sites is 2. The average Bonchev–Trinajstić information content (AvgIpc) is 2.94. The number of hydrogen-bond acceptors (Lipinski definition) is 2.